The second-order valence-corrected chi connectivity index (χ2v) is 20.8. The van der Waals surface area contributed by atoms with Gasteiger partial charge in [-0.3, -0.25) is 4.79 Å². The molecule has 0 aliphatic carbocycles. The fraction of sp³-hybridized carbons (Fsp3) is 0.950. The molecule has 0 radical (unpaired) electrons. The zero-order chi connectivity index (χ0) is 46.3. The first-order valence-corrected chi connectivity index (χ1v) is 29.9. The molecule has 0 aliphatic rings. The Hall–Kier alpha value is -0.870. The lowest BCUT2D eigenvalue weighted by Crippen LogP contribution is -2.45. The van der Waals surface area contributed by atoms with Crippen LogP contribution in [-0.4, -0.2) is 34.9 Å². The molecule has 382 valence electrons. The first-order chi connectivity index (χ1) is 31.7. The van der Waals surface area contributed by atoms with E-state index in [0.717, 1.165) is 25.7 Å². The predicted octanol–water partition coefficient (Wildman–Crippen LogP) is 19.7. The van der Waals surface area contributed by atoms with Crippen molar-refractivity contribution in [2.24, 2.45) is 0 Å². The van der Waals surface area contributed by atoms with Gasteiger partial charge in [-0.1, -0.05) is 315 Å². The summed E-state index contributed by atoms with van der Waals surface area (Å²) in [4.78, 5) is 12.5. The maximum absolute atomic E-state index is 12.5. The maximum Gasteiger partial charge on any atom is 0.220 e. The molecule has 2 atom stereocenters. The van der Waals surface area contributed by atoms with E-state index in [0.29, 0.717) is 12.8 Å². The molecule has 4 nitrogen and oxygen atoms in total. The second-order valence-electron chi connectivity index (χ2n) is 20.8. The van der Waals surface area contributed by atoms with Crippen molar-refractivity contribution in [1.29, 1.82) is 0 Å². The Morgan fingerprint density at radius 2 is 0.594 bits per heavy atom. The quantitative estimate of drug-likeness (QED) is 0.0421. The minimum Gasteiger partial charge on any atom is -0.394 e. The third kappa shape index (κ3) is 52.1. The number of aliphatic hydroxyl groups is 2. The van der Waals surface area contributed by atoms with Gasteiger partial charge in [-0.25, -0.2) is 0 Å². The molecule has 0 heterocycles. The summed E-state index contributed by atoms with van der Waals surface area (Å²) in [6.07, 6.45) is 73.6. The van der Waals surface area contributed by atoms with Crippen molar-refractivity contribution >= 4 is 5.91 Å². The lowest BCUT2D eigenvalue weighted by molar-refractivity contribution is -0.123. The summed E-state index contributed by atoms with van der Waals surface area (Å²) in [5.74, 6) is -0.0250. The van der Waals surface area contributed by atoms with E-state index in [2.05, 4.69) is 31.3 Å². The summed E-state index contributed by atoms with van der Waals surface area (Å²) in [6, 6.07) is -0.535. The van der Waals surface area contributed by atoms with Crippen LogP contribution in [0.1, 0.15) is 348 Å². The van der Waals surface area contributed by atoms with Crippen LogP contribution in [0.3, 0.4) is 0 Å². The molecule has 0 saturated carbocycles. The normalized spacial score (nSPS) is 12.8. The molecule has 1 amide bonds. The molecule has 0 saturated heterocycles. The summed E-state index contributed by atoms with van der Waals surface area (Å²) in [7, 11) is 0. The van der Waals surface area contributed by atoms with Crippen LogP contribution in [0.25, 0.3) is 0 Å². The molecule has 0 aromatic carbocycles. The average molecular weight is 903 g/mol. The Balaban J connectivity index is 3.41. The van der Waals surface area contributed by atoms with Crippen LogP contribution >= 0.6 is 0 Å². The molecule has 4 heteroatoms. The SMILES string of the molecule is CCCCCCCCCCCCCC/C=C\CCCCCCCCCCCCCC(=O)NC(CO)C(O)CCCCCCCCCCCCCCCCCCCCCCCCCCC. The first kappa shape index (κ1) is 63.1. The van der Waals surface area contributed by atoms with Crippen molar-refractivity contribution in [3.05, 3.63) is 12.2 Å². The van der Waals surface area contributed by atoms with Gasteiger partial charge >= 0.3 is 0 Å². The first-order valence-electron chi connectivity index (χ1n) is 29.9. The summed E-state index contributed by atoms with van der Waals surface area (Å²) < 4.78 is 0. The van der Waals surface area contributed by atoms with Gasteiger partial charge in [0.05, 0.1) is 18.8 Å². The van der Waals surface area contributed by atoms with Gasteiger partial charge < -0.3 is 15.5 Å². The number of rotatable bonds is 56. The molecule has 3 N–H and O–H groups in total. The molecule has 2 unspecified atom stereocenters. The Bertz CT molecular complexity index is 890. The van der Waals surface area contributed by atoms with Crippen molar-refractivity contribution in [3.63, 3.8) is 0 Å². The van der Waals surface area contributed by atoms with Gasteiger partial charge in [-0.05, 0) is 38.5 Å². The number of hydrogen-bond donors (Lipinski definition) is 3. The van der Waals surface area contributed by atoms with Gasteiger partial charge in [0.1, 0.15) is 0 Å². The number of aliphatic hydroxyl groups excluding tert-OH is 2. The molecule has 64 heavy (non-hydrogen) atoms. The van der Waals surface area contributed by atoms with Crippen LogP contribution in [0.4, 0.5) is 0 Å². The molecular weight excluding hydrogens is 783 g/mol. The Morgan fingerprint density at radius 3 is 0.859 bits per heavy atom. The number of hydrogen-bond acceptors (Lipinski definition) is 3. The largest absolute Gasteiger partial charge is 0.394 e. The van der Waals surface area contributed by atoms with Crippen LogP contribution in [-0.2, 0) is 4.79 Å². The van der Waals surface area contributed by atoms with Gasteiger partial charge in [0.15, 0.2) is 0 Å². The fourth-order valence-corrected chi connectivity index (χ4v) is 9.71. The summed E-state index contributed by atoms with van der Waals surface area (Å²) in [5, 5.41) is 23.4. The number of carbonyl (C=O) groups excluding carboxylic acids is 1. The maximum atomic E-state index is 12.5. The van der Waals surface area contributed by atoms with Crippen LogP contribution in [0, 0.1) is 0 Å². The highest BCUT2D eigenvalue weighted by atomic mass is 16.3. The number of carbonyl (C=O) groups is 1. The molecule has 0 spiro atoms. The zero-order valence-corrected chi connectivity index (χ0v) is 44.1. The van der Waals surface area contributed by atoms with E-state index in [9.17, 15) is 15.0 Å². The molecule has 0 rings (SSSR count). The molecule has 0 aliphatic heterocycles. The Labute approximate surface area is 403 Å². The summed E-state index contributed by atoms with van der Waals surface area (Å²) in [5.41, 5.74) is 0. The number of nitrogens with one attached hydrogen (secondary N) is 1. The van der Waals surface area contributed by atoms with Gasteiger partial charge in [0, 0.05) is 6.42 Å². The molecule has 0 aromatic rings. The number of allylic oxidation sites excluding steroid dienone is 2. The van der Waals surface area contributed by atoms with Crippen molar-refractivity contribution in [2.75, 3.05) is 6.61 Å². The molecule has 0 aromatic heterocycles. The van der Waals surface area contributed by atoms with E-state index < -0.39 is 12.1 Å². The van der Waals surface area contributed by atoms with Crippen LogP contribution in [0.2, 0.25) is 0 Å². The van der Waals surface area contributed by atoms with Crippen molar-refractivity contribution in [3.8, 4) is 0 Å². The average Bonchev–Trinajstić information content (AvgIpc) is 3.30. The van der Waals surface area contributed by atoms with Crippen LogP contribution in [0.5, 0.6) is 0 Å². The number of unbranched alkanes of at least 4 members (excludes halogenated alkanes) is 47. The predicted molar refractivity (Wildman–Crippen MR) is 286 cm³/mol. The summed E-state index contributed by atoms with van der Waals surface area (Å²) >= 11 is 0. The van der Waals surface area contributed by atoms with E-state index in [1.807, 2.05) is 0 Å². The Kier molecular flexibility index (Phi) is 55.7. The highest BCUT2D eigenvalue weighted by molar-refractivity contribution is 5.76. The monoisotopic (exact) mass is 902 g/mol. The lowest BCUT2D eigenvalue weighted by Gasteiger charge is -2.22. The van der Waals surface area contributed by atoms with Gasteiger partial charge in [0.25, 0.3) is 0 Å². The smallest absolute Gasteiger partial charge is 0.220 e. The van der Waals surface area contributed by atoms with Crippen molar-refractivity contribution < 1.29 is 15.0 Å². The molecule has 0 bridgehead atoms. The molecular formula is C60H119NO3. The number of amides is 1. The lowest BCUT2D eigenvalue weighted by atomic mass is 10.0. The zero-order valence-electron chi connectivity index (χ0n) is 44.1. The van der Waals surface area contributed by atoms with E-state index in [4.69, 9.17) is 0 Å². The van der Waals surface area contributed by atoms with Gasteiger partial charge in [-0.15, -0.1) is 0 Å². The third-order valence-electron chi connectivity index (χ3n) is 14.3. The van der Waals surface area contributed by atoms with Crippen molar-refractivity contribution in [1.82, 2.24) is 5.32 Å². The summed E-state index contributed by atoms with van der Waals surface area (Å²) in [6.45, 7) is 4.41. The van der Waals surface area contributed by atoms with Crippen molar-refractivity contribution in [2.45, 2.75) is 360 Å². The highest BCUT2D eigenvalue weighted by Crippen LogP contribution is 2.18. The third-order valence-corrected chi connectivity index (χ3v) is 14.3. The van der Waals surface area contributed by atoms with E-state index in [-0.39, 0.29) is 12.5 Å². The van der Waals surface area contributed by atoms with Gasteiger partial charge in [-0.2, -0.15) is 0 Å². The minimum absolute atomic E-state index is 0.0250. The van der Waals surface area contributed by atoms with Crippen LogP contribution in [0.15, 0.2) is 12.2 Å². The van der Waals surface area contributed by atoms with E-state index in [1.54, 1.807) is 0 Å². The second kappa shape index (κ2) is 56.5. The van der Waals surface area contributed by atoms with Gasteiger partial charge in [0.2, 0.25) is 5.91 Å². The minimum atomic E-state index is -0.658. The molecule has 0 fully saturated rings. The standard InChI is InChI=1S/C60H119NO3/c1-3-5-7-9-11-13-15-17-19-21-23-25-27-29-30-32-34-36-38-40-42-44-46-48-50-52-54-56-60(64)61-58(57-62)59(63)55-53-51-49-47-45-43-41-39-37-35-33-31-28-26-24-22-20-18-16-14-12-10-8-6-4-2/h29-30,58-59,62-63H,3-28,31-57H2,1-2H3,(H,61,64)/b30-29-. The fourth-order valence-electron chi connectivity index (χ4n) is 9.71. The highest BCUT2D eigenvalue weighted by Gasteiger charge is 2.20. The Morgan fingerprint density at radius 1 is 0.359 bits per heavy atom. The van der Waals surface area contributed by atoms with Crippen LogP contribution < -0.4 is 5.32 Å². The van der Waals surface area contributed by atoms with E-state index >= 15 is 0 Å². The van der Waals surface area contributed by atoms with E-state index in [1.165, 1.54) is 295 Å². The topological polar surface area (TPSA) is 69.6 Å².